The summed E-state index contributed by atoms with van der Waals surface area (Å²) in [6.45, 7) is 6.44. The molecule has 13 heteroatoms. The zero-order valence-electron chi connectivity index (χ0n) is 24.2. The standard InChI is InChI=1S/C29H33N9O4/c1-17(16-42-5)38-14-24(33-34-38)32-25-28(41)35(4)13-21(31-25)19-6-7-30-26(20(19)15-39)37-9-8-36-22(27(37)40)10-18-11-29(2,3)12-23(18)36/h6-10,13-14,17,39H,11-12,15-16H2,1-5H3,(H,31,32). The number of nitrogens with one attached hydrogen (secondary N) is 1. The predicted octanol–water partition coefficient (Wildman–Crippen LogP) is 2.41. The second kappa shape index (κ2) is 10.3. The van der Waals surface area contributed by atoms with Crippen LogP contribution in [0.2, 0.25) is 0 Å². The molecule has 2 N–H and O–H groups in total. The van der Waals surface area contributed by atoms with Crippen LogP contribution < -0.4 is 16.4 Å². The van der Waals surface area contributed by atoms with Crippen molar-refractivity contribution in [3.8, 4) is 17.1 Å². The largest absolute Gasteiger partial charge is 0.392 e. The van der Waals surface area contributed by atoms with Crippen LogP contribution in [-0.4, -0.2) is 57.3 Å². The Hall–Kier alpha value is -4.62. The molecule has 5 heterocycles. The Morgan fingerprint density at radius 3 is 2.74 bits per heavy atom. The maximum atomic E-state index is 13.7. The van der Waals surface area contributed by atoms with Gasteiger partial charge in [-0.05, 0) is 42.9 Å². The van der Waals surface area contributed by atoms with E-state index in [2.05, 4.69) is 39.4 Å². The maximum absolute atomic E-state index is 13.7. The summed E-state index contributed by atoms with van der Waals surface area (Å²) in [6.07, 6.45) is 10.2. The molecule has 5 aromatic rings. The summed E-state index contributed by atoms with van der Waals surface area (Å²) >= 11 is 0. The summed E-state index contributed by atoms with van der Waals surface area (Å²) in [5.41, 5.74) is 3.81. The number of aliphatic hydroxyl groups is 1. The quantitative estimate of drug-likeness (QED) is 0.287. The minimum absolute atomic E-state index is 0.0351. The maximum Gasteiger partial charge on any atom is 0.293 e. The van der Waals surface area contributed by atoms with Crippen LogP contribution in [0.15, 0.2) is 52.7 Å². The van der Waals surface area contributed by atoms with E-state index >= 15 is 0 Å². The number of anilines is 2. The van der Waals surface area contributed by atoms with Gasteiger partial charge in [0.05, 0.1) is 31.1 Å². The Balaban J connectivity index is 1.40. The molecule has 0 amide bonds. The Morgan fingerprint density at radius 1 is 1.17 bits per heavy atom. The summed E-state index contributed by atoms with van der Waals surface area (Å²) in [5.74, 6) is 0.678. The molecular formula is C29H33N9O4. The number of rotatable bonds is 8. The average molecular weight is 572 g/mol. The highest BCUT2D eigenvalue weighted by Gasteiger charge is 2.32. The first-order valence-corrected chi connectivity index (χ1v) is 13.7. The monoisotopic (exact) mass is 571 g/mol. The third-order valence-electron chi connectivity index (χ3n) is 7.73. The molecule has 0 aliphatic heterocycles. The van der Waals surface area contributed by atoms with Gasteiger partial charge in [-0.3, -0.25) is 14.2 Å². The van der Waals surface area contributed by atoms with Crippen molar-refractivity contribution in [3.05, 3.63) is 80.6 Å². The average Bonchev–Trinajstić information content (AvgIpc) is 3.64. The van der Waals surface area contributed by atoms with Gasteiger partial charge in [0.2, 0.25) is 0 Å². The van der Waals surface area contributed by atoms with Crippen molar-refractivity contribution >= 4 is 17.2 Å². The summed E-state index contributed by atoms with van der Waals surface area (Å²) in [6, 6.07) is 3.61. The van der Waals surface area contributed by atoms with Crippen LogP contribution in [0.25, 0.3) is 22.6 Å². The van der Waals surface area contributed by atoms with Crippen molar-refractivity contribution in [1.29, 1.82) is 0 Å². The fourth-order valence-electron chi connectivity index (χ4n) is 5.72. The van der Waals surface area contributed by atoms with E-state index in [1.54, 1.807) is 49.7 Å². The SMILES string of the molecule is COCC(C)n1cc(Nc2nc(-c3ccnc(-n4ccn5c6c(cc5c4=O)CC(C)(C)C6)c3CO)cn(C)c2=O)nn1. The number of ether oxygens (including phenoxy) is 1. The molecule has 0 fully saturated rings. The summed E-state index contributed by atoms with van der Waals surface area (Å²) in [7, 11) is 3.22. The fourth-order valence-corrected chi connectivity index (χ4v) is 5.72. The van der Waals surface area contributed by atoms with E-state index in [0.29, 0.717) is 40.6 Å². The zero-order valence-corrected chi connectivity index (χ0v) is 24.2. The molecule has 0 saturated carbocycles. The first kappa shape index (κ1) is 27.5. The minimum atomic E-state index is -0.402. The molecule has 5 aromatic heterocycles. The zero-order chi connectivity index (χ0) is 29.8. The second-order valence-electron chi connectivity index (χ2n) is 11.6. The highest BCUT2D eigenvalue weighted by molar-refractivity contribution is 5.68. The molecule has 0 bridgehead atoms. The van der Waals surface area contributed by atoms with Crippen molar-refractivity contribution < 1.29 is 9.84 Å². The van der Waals surface area contributed by atoms with Crippen LogP contribution >= 0.6 is 0 Å². The number of pyridine rings is 1. The van der Waals surface area contributed by atoms with E-state index in [0.717, 1.165) is 18.5 Å². The summed E-state index contributed by atoms with van der Waals surface area (Å²) in [4.78, 5) is 35.7. The summed E-state index contributed by atoms with van der Waals surface area (Å²) < 4.78 is 11.6. The molecule has 42 heavy (non-hydrogen) atoms. The van der Waals surface area contributed by atoms with Crippen molar-refractivity contribution in [2.45, 2.75) is 46.3 Å². The van der Waals surface area contributed by atoms with Crippen LogP contribution in [0.5, 0.6) is 0 Å². The van der Waals surface area contributed by atoms with Crippen molar-refractivity contribution in [2.75, 3.05) is 19.0 Å². The Morgan fingerprint density at radius 2 is 1.98 bits per heavy atom. The minimum Gasteiger partial charge on any atom is -0.392 e. The highest BCUT2D eigenvalue weighted by atomic mass is 16.5. The third-order valence-corrected chi connectivity index (χ3v) is 7.73. The first-order chi connectivity index (χ1) is 20.1. The van der Waals surface area contributed by atoms with Gasteiger partial charge < -0.3 is 24.1 Å². The van der Waals surface area contributed by atoms with Crippen LogP contribution in [-0.2, 0) is 31.2 Å². The highest BCUT2D eigenvalue weighted by Crippen LogP contribution is 2.37. The molecule has 1 atom stereocenters. The molecular weight excluding hydrogens is 538 g/mol. The van der Waals surface area contributed by atoms with E-state index in [9.17, 15) is 14.7 Å². The Bertz CT molecular complexity index is 1930. The number of aromatic nitrogens is 8. The first-order valence-electron chi connectivity index (χ1n) is 13.7. The number of aliphatic hydroxyl groups excluding tert-OH is 1. The van der Waals surface area contributed by atoms with Gasteiger partial charge in [0.25, 0.3) is 11.1 Å². The molecule has 1 aliphatic rings. The lowest BCUT2D eigenvalue weighted by molar-refractivity contribution is 0.156. The Kier molecular flexibility index (Phi) is 6.78. The Labute approximate surface area is 241 Å². The van der Waals surface area contributed by atoms with Crippen LogP contribution in [0.4, 0.5) is 11.6 Å². The van der Waals surface area contributed by atoms with E-state index < -0.39 is 6.61 Å². The van der Waals surface area contributed by atoms with E-state index in [1.807, 2.05) is 23.6 Å². The van der Waals surface area contributed by atoms with Crippen molar-refractivity contribution in [2.24, 2.45) is 12.5 Å². The molecule has 0 spiro atoms. The molecule has 1 aliphatic carbocycles. The van der Waals surface area contributed by atoms with Crippen LogP contribution in [0.1, 0.15) is 43.6 Å². The predicted molar refractivity (Wildman–Crippen MR) is 156 cm³/mol. The van der Waals surface area contributed by atoms with Crippen molar-refractivity contribution in [3.63, 3.8) is 0 Å². The van der Waals surface area contributed by atoms with Gasteiger partial charge in [-0.2, -0.15) is 0 Å². The van der Waals surface area contributed by atoms with Gasteiger partial charge in [0, 0.05) is 55.8 Å². The van der Waals surface area contributed by atoms with Gasteiger partial charge in [0.15, 0.2) is 11.6 Å². The third kappa shape index (κ3) is 4.69. The van der Waals surface area contributed by atoms with Crippen molar-refractivity contribution in [1.82, 2.24) is 38.5 Å². The van der Waals surface area contributed by atoms with E-state index in [1.165, 1.54) is 14.7 Å². The lowest BCUT2D eigenvalue weighted by Gasteiger charge is -2.17. The number of aryl methyl sites for hydroxylation is 1. The molecule has 1 unspecified atom stereocenters. The number of nitrogens with zero attached hydrogens (tertiary/aromatic N) is 8. The molecule has 0 aromatic carbocycles. The fraction of sp³-hybridized carbons (Fsp3) is 0.379. The normalized spacial score (nSPS) is 14.8. The van der Waals surface area contributed by atoms with Gasteiger partial charge in [-0.25, -0.2) is 14.6 Å². The van der Waals surface area contributed by atoms with E-state index in [-0.39, 0.29) is 28.4 Å². The topological polar surface area (TPSA) is 146 Å². The van der Waals surface area contributed by atoms with E-state index in [4.69, 9.17) is 4.74 Å². The number of fused-ring (bicyclic) bond motifs is 3. The summed E-state index contributed by atoms with van der Waals surface area (Å²) in [5, 5.41) is 21.7. The molecule has 0 saturated heterocycles. The lowest BCUT2D eigenvalue weighted by atomic mass is 9.90. The number of hydrogen-bond acceptors (Lipinski definition) is 9. The smallest absolute Gasteiger partial charge is 0.293 e. The molecule has 0 radical (unpaired) electrons. The molecule has 13 nitrogen and oxygen atoms in total. The molecule has 6 rings (SSSR count). The van der Waals surface area contributed by atoms with Crippen LogP contribution in [0.3, 0.4) is 0 Å². The van der Waals surface area contributed by atoms with Gasteiger partial charge >= 0.3 is 0 Å². The second-order valence-corrected chi connectivity index (χ2v) is 11.6. The van der Waals surface area contributed by atoms with Gasteiger partial charge in [-0.1, -0.05) is 19.1 Å². The van der Waals surface area contributed by atoms with Gasteiger partial charge in [0.1, 0.15) is 11.3 Å². The molecule has 218 valence electrons. The van der Waals surface area contributed by atoms with Gasteiger partial charge in [-0.15, -0.1) is 5.10 Å². The number of hydrogen-bond donors (Lipinski definition) is 2. The number of methoxy groups -OCH3 is 1. The lowest BCUT2D eigenvalue weighted by Crippen LogP contribution is -2.23. The van der Waals surface area contributed by atoms with Crippen LogP contribution in [0, 0.1) is 5.41 Å².